The van der Waals surface area contributed by atoms with Crippen molar-refractivity contribution in [3.63, 3.8) is 0 Å². The maximum atomic E-state index is 11.2. The first-order chi connectivity index (χ1) is 7.69. The molecule has 0 heterocycles. The van der Waals surface area contributed by atoms with Gasteiger partial charge in [-0.2, -0.15) is 11.8 Å². The van der Waals surface area contributed by atoms with E-state index in [1.807, 2.05) is 6.26 Å². The zero-order valence-corrected chi connectivity index (χ0v) is 10.3. The van der Waals surface area contributed by atoms with Gasteiger partial charge in [-0.05, 0) is 24.5 Å². The second-order valence-electron chi connectivity index (χ2n) is 3.21. The van der Waals surface area contributed by atoms with Crippen LogP contribution in [-0.4, -0.2) is 31.6 Å². The third-order valence-corrected chi connectivity index (χ3v) is 2.71. The van der Waals surface area contributed by atoms with Crippen molar-refractivity contribution in [3.8, 4) is 0 Å². The molecule has 0 aliphatic rings. The SMILES string of the molecule is COC(=O)c1ccc(NCCSC)c(N)c1. The third-order valence-electron chi connectivity index (χ3n) is 2.09. The Morgan fingerprint density at radius 1 is 1.56 bits per heavy atom. The van der Waals surface area contributed by atoms with E-state index in [1.165, 1.54) is 7.11 Å². The smallest absolute Gasteiger partial charge is 0.337 e. The monoisotopic (exact) mass is 240 g/mol. The van der Waals surface area contributed by atoms with Crippen molar-refractivity contribution in [2.24, 2.45) is 0 Å². The quantitative estimate of drug-likeness (QED) is 0.467. The van der Waals surface area contributed by atoms with Crippen LogP contribution in [-0.2, 0) is 4.74 Å². The number of hydrogen-bond donors (Lipinski definition) is 2. The van der Waals surface area contributed by atoms with Crippen molar-refractivity contribution >= 4 is 29.1 Å². The second-order valence-corrected chi connectivity index (χ2v) is 4.20. The summed E-state index contributed by atoms with van der Waals surface area (Å²) in [5.41, 5.74) is 7.70. The maximum absolute atomic E-state index is 11.2. The molecular weight excluding hydrogens is 224 g/mol. The number of carbonyl (C=O) groups excluding carboxylic acids is 1. The molecule has 0 unspecified atom stereocenters. The molecule has 0 aliphatic heterocycles. The molecule has 5 heteroatoms. The predicted molar refractivity (Wildman–Crippen MR) is 69.1 cm³/mol. The topological polar surface area (TPSA) is 64.3 Å². The van der Waals surface area contributed by atoms with Gasteiger partial charge in [0.1, 0.15) is 0 Å². The molecule has 0 aromatic heterocycles. The van der Waals surface area contributed by atoms with Gasteiger partial charge in [0.15, 0.2) is 0 Å². The summed E-state index contributed by atoms with van der Waals surface area (Å²) in [5, 5.41) is 3.20. The molecule has 88 valence electrons. The molecule has 1 aromatic carbocycles. The molecule has 0 fully saturated rings. The number of ether oxygens (including phenoxy) is 1. The number of carbonyl (C=O) groups is 1. The van der Waals surface area contributed by atoms with E-state index >= 15 is 0 Å². The fraction of sp³-hybridized carbons (Fsp3) is 0.364. The van der Waals surface area contributed by atoms with E-state index in [0.717, 1.165) is 18.0 Å². The Morgan fingerprint density at radius 3 is 2.88 bits per heavy atom. The summed E-state index contributed by atoms with van der Waals surface area (Å²) in [4.78, 5) is 11.2. The van der Waals surface area contributed by atoms with Gasteiger partial charge < -0.3 is 15.8 Å². The normalized spacial score (nSPS) is 9.88. The number of benzene rings is 1. The van der Waals surface area contributed by atoms with Crippen LogP contribution in [0, 0.1) is 0 Å². The van der Waals surface area contributed by atoms with Crippen LogP contribution in [0.2, 0.25) is 0 Å². The molecule has 0 saturated heterocycles. The van der Waals surface area contributed by atoms with Crippen molar-refractivity contribution in [1.29, 1.82) is 0 Å². The molecule has 1 aromatic rings. The lowest BCUT2D eigenvalue weighted by Crippen LogP contribution is -2.08. The van der Waals surface area contributed by atoms with Gasteiger partial charge in [-0.15, -0.1) is 0 Å². The maximum Gasteiger partial charge on any atom is 0.337 e. The van der Waals surface area contributed by atoms with Gasteiger partial charge in [0.25, 0.3) is 0 Å². The molecule has 0 saturated carbocycles. The van der Waals surface area contributed by atoms with Crippen LogP contribution in [0.15, 0.2) is 18.2 Å². The van der Waals surface area contributed by atoms with E-state index in [1.54, 1.807) is 30.0 Å². The fourth-order valence-corrected chi connectivity index (χ4v) is 1.56. The summed E-state index contributed by atoms with van der Waals surface area (Å²) in [6.45, 7) is 0.850. The summed E-state index contributed by atoms with van der Waals surface area (Å²) in [6, 6.07) is 5.11. The first-order valence-corrected chi connectivity index (χ1v) is 6.29. The van der Waals surface area contributed by atoms with Crippen LogP contribution in [0.5, 0.6) is 0 Å². The minimum Gasteiger partial charge on any atom is -0.465 e. The van der Waals surface area contributed by atoms with Crippen molar-refractivity contribution in [1.82, 2.24) is 0 Å². The minimum absolute atomic E-state index is 0.373. The van der Waals surface area contributed by atoms with E-state index in [2.05, 4.69) is 10.1 Å². The molecular formula is C11H16N2O2S. The number of nitrogens with two attached hydrogens (primary N) is 1. The fourth-order valence-electron chi connectivity index (χ4n) is 1.26. The molecule has 16 heavy (non-hydrogen) atoms. The number of methoxy groups -OCH3 is 1. The molecule has 4 nitrogen and oxygen atoms in total. The zero-order chi connectivity index (χ0) is 12.0. The van der Waals surface area contributed by atoms with Gasteiger partial charge in [0.05, 0.1) is 24.0 Å². The minimum atomic E-state index is -0.373. The Morgan fingerprint density at radius 2 is 2.31 bits per heavy atom. The largest absolute Gasteiger partial charge is 0.465 e. The van der Waals surface area contributed by atoms with E-state index in [-0.39, 0.29) is 5.97 Å². The van der Waals surface area contributed by atoms with E-state index < -0.39 is 0 Å². The van der Waals surface area contributed by atoms with Crippen LogP contribution < -0.4 is 11.1 Å². The summed E-state index contributed by atoms with van der Waals surface area (Å²) in [7, 11) is 1.35. The number of hydrogen-bond acceptors (Lipinski definition) is 5. The molecule has 1 rings (SSSR count). The zero-order valence-electron chi connectivity index (χ0n) is 9.45. The first-order valence-electron chi connectivity index (χ1n) is 4.89. The molecule has 0 radical (unpaired) electrons. The van der Waals surface area contributed by atoms with Gasteiger partial charge in [-0.3, -0.25) is 0 Å². The summed E-state index contributed by atoms with van der Waals surface area (Å²) < 4.78 is 4.61. The van der Waals surface area contributed by atoms with Crippen molar-refractivity contribution in [3.05, 3.63) is 23.8 Å². The van der Waals surface area contributed by atoms with Crippen LogP contribution >= 0.6 is 11.8 Å². The Hall–Kier alpha value is -1.36. The molecule has 0 atom stereocenters. The Bertz CT molecular complexity index is 369. The Labute approximate surface area is 99.5 Å². The molecule has 3 N–H and O–H groups in total. The third kappa shape index (κ3) is 3.34. The highest BCUT2D eigenvalue weighted by molar-refractivity contribution is 7.98. The number of nitrogens with one attached hydrogen (secondary N) is 1. The Kier molecular flexibility index (Phi) is 4.98. The number of thioether (sulfide) groups is 1. The van der Waals surface area contributed by atoms with Crippen LogP contribution in [0.4, 0.5) is 11.4 Å². The van der Waals surface area contributed by atoms with Gasteiger partial charge >= 0.3 is 5.97 Å². The second kappa shape index (κ2) is 6.27. The van der Waals surface area contributed by atoms with Crippen molar-refractivity contribution in [2.45, 2.75) is 0 Å². The summed E-state index contributed by atoms with van der Waals surface area (Å²) >= 11 is 1.76. The van der Waals surface area contributed by atoms with Gasteiger partial charge in [-0.1, -0.05) is 0 Å². The Balaban J connectivity index is 2.71. The van der Waals surface area contributed by atoms with Crippen molar-refractivity contribution in [2.75, 3.05) is 36.7 Å². The highest BCUT2D eigenvalue weighted by Crippen LogP contribution is 2.20. The number of anilines is 2. The standard InChI is InChI=1S/C11H16N2O2S/c1-15-11(14)8-3-4-10(9(12)7-8)13-5-6-16-2/h3-4,7,13H,5-6,12H2,1-2H3. The van der Waals surface area contributed by atoms with Gasteiger partial charge in [0.2, 0.25) is 0 Å². The van der Waals surface area contributed by atoms with E-state index in [0.29, 0.717) is 11.3 Å². The van der Waals surface area contributed by atoms with E-state index in [9.17, 15) is 4.79 Å². The average Bonchev–Trinajstić information content (AvgIpc) is 2.30. The molecule has 0 aliphatic carbocycles. The van der Waals surface area contributed by atoms with Crippen LogP contribution in [0.25, 0.3) is 0 Å². The van der Waals surface area contributed by atoms with Gasteiger partial charge in [-0.25, -0.2) is 4.79 Å². The predicted octanol–water partition coefficient (Wildman–Crippen LogP) is 1.83. The number of rotatable bonds is 5. The number of nitrogen functional groups attached to an aromatic ring is 1. The van der Waals surface area contributed by atoms with Gasteiger partial charge in [0, 0.05) is 12.3 Å². The molecule has 0 spiro atoms. The highest BCUT2D eigenvalue weighted by atomic mass is 32.2. The van der Waals surface area contributed by atoms with Crippen LogP contribution in [0.1, 0.15) is 10.4 Å². The lowest BCUT2D eigenvalue weighted by Gasteiger charge is -2.09. The van der Waals surface area contributed by atoms with Crippen molar-refractivity contribution < 1.29 is 9.53 Å². The molecule has 0 amide bonds. The summed E-state index contributed by atoms with van der Waals surface area (Å²) in [5.74, 6) is 0.639. The number of esters is 1. The van der Waals surface area contributed by atoms with E-state index in [4.69, 9.17) is 5.73 Å². The summed E-state index contributed by atoms with van der Waals surface area (Å²) in [6.07, 6.45) is 2.05. The lowest BCUT2D eigenvalue weighted by atomic mass is 10.2. The molecule has 0 bridgehead atoms. The lowest BCUT2D eigenvalue weighted by molar-refractivity contribution is 0.0601. The average molecular weight is 240 g/mol. The first kappa shape index (κ1) is 12.7. The van der Waals surface area contributed by atoms with Crippen LogP contribution in [0.3, 0.4) is 0 Å². The highest BCUT2D eigenvalue weighted by Gasteiger charge is 2.07.